The molecule has 0 aliphatic rings. The molecule has 0 heterocycles. The molecule has 2 aromatic carbocycles. The number of aryl methyl sites for hydroxylation is 2. The molecule has 0 aliphatic carbocycles. The molecule has 0 spiro atoms. The molecule has 0 N–H and O–H groups in total. The van der Waals surface area contributed by atoms with Crippen molar-refractivity contribution in [1.82, 2.24) is 0 Å². The van der Waals surface area contributed by atoms with Gasteiger partial charge in [0.15, 0.2) is 5.78 Å². The quantitative estimate of drug-likeness (QED) is 0.504. The van der Waals surface area contributed by atoms with E-state index in [-0.39, 0.29) is 11.0 Å². The second kappa shape index (κ2) is 6.87. The van der Waals surface area contributed by atoms with E-state index in [0.29, 0.717) is 10.0 Å². The minimum Gasteiger partial charge on any atom is -0.293 e. The summed E-state index contributed by atoms with van der Waals surface area (Å²) in [7, 11) is 0. The van der Waals surface area contributed by atoms with Gasteiger partial charge in [0.1, 0.15) is 0 Å². The molecule has 0 aliphatic heterocycles. The van der Waals surface area contributed by atoms with Crippen molar-refractivity contribution in [3.05, 3.63) is 63.1 Å². The summed E-state index contributed by atoms with van der Waals surface area (Å²) in [5, 5.41) is 1.01. The average molecular weight is 339 g/mol. The van der Waals surface area contributed by atoms with Crippen molar-refractivity contribution in [1.29, 1.82) is 0 Å². The summed E-state index contributed by atoms with van der Waals surface area (Å²) in [6.45, 7) is 5.84. The van der Waals surface area contributed by atoms with E-state index in [1.54, 1.807) is 18.2 Å². The van der Waals surface area contributed by atoms with Crippen molar-refractivity contribution in [3.8, 4) is 0 Å². The Hall–Kier alpha value is -0.960. The number of Topliss-reactive ketones (excluding diaryl/α,β-unsaturated/α-hetero) is 1. The highest BCUT2D eigenvalue weighted by molar-refractivity contribution is 8.00. The van der Waals surface area contributed by atoms with Gasteiger partial charge < -0.3 is 0 Å². The summed E-state index contributed by atoms with van der Waals surface area (Å²) in [5.74, 6) is 0.109. The minimum atomic E-state index is -0.221. The molecule has 0 radical (unpaired) electrons. The Balaban J connectivity index is 2.23. The van der Waals surface area contributed by atoms with E-state index in [1.807, 2.05) is 39.0 Å². The van der Waals surface area contributed by atoms with Crippen molar-refractivity contribution in [2.24, 2.45) is 0 Å². The number of carbonyl (C=O) groups is 1. The van der Waals surface area contributed by atoms with E-state index in [2.05, 4.69) is 0 Å². The van der Waals surface area contributed by atoms with Crippen LogP contribution in [-0.2, 0) is 0 Å². The first kappa shape index (κ1) is 16.4. The Morgan fingerprint density at radius 1 is 1.10 bits per heavy atom. The first-order valence-electron chi connectivity index (χ1n) is 6.61. The molecule has 21 heavy (non-hydrogen) atoms. The van der Waals surface area contributed by atoms with E-state index >= 15 is 0 Å². The predicted octanol–water partition coefficient (Wildman–Crippen LogP) is 5.97. The molecule has 110 valence electrons. The third-order valence-electron chi connectivity index (χ3n) is 3.22. The molecule has 0 aromatic heterocycles. The third kappa shape index (κ3) is 4.03. The lowest BCUT2D eigenvalue weighted by Gasteiger charge is -2.14. The highest BCUT2D eigenvalue weighted by Crippen LogP contribution is 2.34. The Morgan fingerprint density at radius 3 is 2.52 bits per heavy atom. The van der Waals surface area contributed by atoms with Crippen LogP contribution >= 0.6 is 35.0 Å². The smallest absolute Gasteiger partial charge is 0.176 e. The molecule has 1 nitrogen and oxygen atoms in total. The van der Waals surface area contributed by atoms with Gasteiger partial charge in [-0.3, -0.25) is 4.79 Å². The number of thioether (sulfide) groups is 1. The van der Waals surface area contributed by atoms with Crippen LogP contribution in [-0.4, -0.2) is 11.0 Å². The third-order valence-corrected chi connectivity index (χ3v) is 5.06. The van der Waals surface area contributed by atoms with E-state index < -0.39 is 0 Å². The summed E-state index contributed by atoms with van der Waals surface area (Å²) in [4.78, 5) is 13.5. The topological polar surface area (TPSA) is 17.1 Å². The summed E-state index contributed by atoms with van der Waals surface area (Å²) in [6, 6.07) is 11.2. The zero-order valence-corrected chi connectivity index (χ0v) is 14.4. The summed E-state index contributed by atoms with van der Waals surface area (Å²) in [6.07, 6.45) is 0. The van der Waals surface area contributed by atoms with Gasteiger partial charge in [-0.1, -0.05) is 40.9 Å². The van der Waals surface area contributed by atoms with Gasteiger partial charge in [0, 0.05) is 15.5 Å². The average Bonchev–Trinajstić information content (AvgIpc) is 2.44. The number of hydrogen-bond donors (Lipinski definition) is 0. The fourth-order valence-electron chi connectivity index (χ4n) is 2.03. The van der Waals surface area contributed by atoms with Crippen molar-refractivity contribution in [3.63, 3.8) is 0 Å². The van der Waals surface area contributed by atoms with E-state index in [0.717, 1.165) is 21.6 Å². The molecule has 2 aromatic rings. The SMILES string of the molecule is Cc1ccc(C)c(C(=O)C(C)Sc2cc(Cl)ccc2Cl)c1. The van der Waals surface area contributed by atoms with Crippen LogP contribution in [0.5, 0.6) is 0 Å². The van der Waals surface area contributed by atoms with Crippen LogP contribution in [0.4, 0.5) is 0 Å². The lowest BCUT2D eigenvalue weighted by atomic mass is 10.0. The van der Waals surface area contributed by atoms with Gasteiger partial charge >= 0.3 is 0 Å². The van der Waals surface area contributed by atoms with Gasteiger partial charge in [-0.15, -0.1) is 11.8 Å². The summed E-state index contributed by atoms with van der Waals surface area (Å²) in [5.41, 5.74) is 2.85. The fraction of sp³-hybridized carbons (Fsp3) is 0.235. The van der Waals surface area contributed by atoms with Crippen LogP contribution in [0, 0.1) is 13.8 Å². The second-order valence-electron chi connectivity index (χ2n) is 5.02. The van der Waals surface area contributed by atoms with Crippen LogP contribution in [0.1, 0.15) is 28.4 Å². The molecule has 1 atom stereocenters. The zero-order chi connectivity index (χ0) is 15.6. The number of halogens is 2. The van der Waals surface area contributed by atoms with Crippen molar-refractivity contribution < 1.29 is 4.79 Å². The first-order chi connectivity index (χ1) is 9.88. The molecule has 0 amide bonds. The molecule has 0 saturated carbocycles. The lowest BCUT2D eigenvalue weighted by molar-refractivity contribution is 0.0993. The van der Waals surface area contributed by atoms with Gasteiger partial charge in [-0.25, -0.2) is 0 Å². The van der Waals surface area contributed by atoms with Gasteiger partial charge in [-0.2, -0.15) is 0 Å². The molecular weight excluding hydrogens is 323 g/mol. The lowest BCUT2D eigenvalue weighted by Crippen LogP contribution is -2.15. The number of carbonyl (C=O) groups excluding carboxylic acids is 1. The highest BCUT2D eigenvalue weighted by Gasteiger charge is 2.19. The predicted molar refractivity (Wildman–Crippen MR) is 92.0 cm³/mol. The van der Waals surface area contributed by atoms with Gasteiger partial charge in [-0.05, 0) is 50.6 Å². The van der Waals surface area contributed by atoms with Gasteiger partial charge in [0.05, 0.1) is 10.3 Å². The minimum absolute atomic E-state index is 0.109. The number of benzene rings is 2. The maximum atomic E-state index is 12.6. The number of ketones is 1. The summed E-state index contributed by atoms with van der Waals surface area (Å²) >= 11 is 13.6. The molecule has 0 bridgehead atoms. The normalized spacial score (nSPS) is 12.2. The maximum absolute atomic E-state index is 12.6. The van der Waals surface area contributed by atoms with Crippen LogP contribution in [0.15, 0.2) is 41.3 Å². The summed E-state index contributed by atoms with van der Waals surface area (Å²) < 4.78 is 0. The Morgan fingerprint density at radius 2 is 1.81 bits per heavy atom. The van der Waals surface area contributed by atoms with Gasteiger partial charge in [0.2, 0.25) is 0 Å². The molecule has 4 heteroatoms. The second-order valence-corrected chi connectivity index (χ2v) is 7.24. The molecule has 0 fully saturated rings. The van der Waals surface area contributed by atoms with Crippen LogP contribution in [0.25, 0.3) is 0 Å². The standard InChI is InChI=1S/C17H16Cl2OS/c1-10-4-5-11(2)14(8-10)17(20)12(3)21-16-9-13(18)6-7-15(16)19/h4-9,12H,1-3H3. The molecule has 0 saturated heterocycles. The number of hydrogen-bond acceptors (Lipinski definition) is 2. The van der Waals surface area contributed by atoms with E-state index in [1.165, 1.54) is 11.8 Å². The van der Waals surface area contributed by atoms with Crippen LogP contribution in [0.2, 0.25) is 10.0 Å². The van der Waals surface area contributed by atoms with Crippen LogP contribution < -0.4 is 0 Å². The van der Waals surface area contributed by atoms with Crippen molar-refractivity contribution in [2.45, 2.75) is 30.9 Å². The molecular formula is C17H16Cl2OS. The molecule has 1 unspecified atom stereocenters. The number of rotatable bonds is 4. The van der Waals surface area contributed by atoms with Crippen LogP contribution in [0.3, 0.4) is 0 Å². The first-order valence-corrected chi connectivity index (χ1v) is 8.25. The zero-order valence-electron chi connectivity index (χ0n) is 12.1. The Labute approximate surface area is 139 Å². The Bertz CT molecular complexity index is 682. The monoisotopic (exact) mass is 338 g/mol. The Kier molecular flexibility index (Phi) is 5.37. The fourth-order valence-corrected chi connectivity index (χ4v) is 3.51. The van der Waals surface area contributed by atoms with Crippen molar-refractivity contribution >= 4 is 40.7 Å². The highest BCUT2D eigenvalue weighted by atomic mass is 35.5. The van der Waals surface area contributed by atoms with Crippen molar-refractivity contribution in [2.75, 3.05) is 0 Å². The van der Waals surface area contributed by atoms with E-state index in [9.17, 15) is 4.79 Å². The maximum Gasteiger partial charge on any atom is 0.176 e. The van der Waals surface area contributed by atoms with E-state index in [4.69, 9.17) is 23.2 Å². The largest absolute Gasteiger partial charge is 0.293 e. The van der Waals surface area contributed by atoms with Gasteiger partial charge in [0.25, 0.3) is 0 Å². The molecule has 2 rings (SSSR count).